The van der Waals surface area contributed by atoms with Crippen LogP contribution in [0.3, 0.4) is 0 Å². The lowest BCUT2D eigenvalue weighted by molar-refractivity contribution is -0.121. The minimum Gasteiger partial charge on any atom is -0.292 e. The van der Waals surface area contributed by atoms with Crippen molar-refractivity contribution in [1.82, 2.24) is 4.90 Å². The summed E-state index contributed by atoms with van der Waals surface area (Å²) >= 11 is 12.0. The fourth-order valence-corrected chi connectivity index (χ4v) is 3.57. The van der Waals surface area contributed by atoms with E-state index in [1.807, 2.05) is 0 Å². The maximum atomic E-state index is 12.2. The molecule has 0 aliphatic carbocycles. The predicted octanol–water partition coefficient (Wildman–Crippen LogP) is 2.43. The van der Waals surface area contributed by atoms with E-state index in [-0.39, 0.29) is 16.8 Å². The number of benzene rings is 1. The summed E-state index contributed by atoms with van der Waals surface area (Å²) in [5, 5.41) is 0.547. The monoisotopic (exact) mass is 363 g/mol. The quantitative estimate of drug-likeness (QED) is 0.503. The highest BCUT2D eigenvalue weighted by Gasteiger charge is 2.32. The Bertz CT molecular complexity index is 730. The van der Waals surface area contributed by atoms with Gasteiger partial charge in [0.2, 0.25) is 0 Å². The maximum Gasteiger partial charge on any atom is 0.266 e. The molecular formula is C12H10ClNO4S3. The van der Waals surface area contributed by atoms with Gasteiger partial charge < -0.3 is 0 Å². The lowest BCUT2D eigenvalue weighted by Crippen LogP contribution is -2.32. The molecule has 1 aliphatic heterocycles. The molecule has 0 aromatic heterocycles. The van der Waals surface area contributed by atoms with Crippen LogP contribution in [0.25, 0.3) is 6.08 Å². The highest BCUT2D eigenvalue weighted by molar-refractivity contribution is 8.26. The Balaban J connectivity index is 2.18. The first-order chi connectivity index (χ1) is 9.76. The van der Waals surface area contributed by atoms with Crippen molar-refractivity contribution in [3.63, 3.8) is 0 Å². The predicted molar refractivity (Wildman–Crippen MR) is 87.7 cm³/mol. The number of hydrogen-bond donors (Lipinski definition) is 1. The minimum atomic E-state index is -4.14. The third-order valence-electron chi connectivity index (χ3n) is 2.59. The zero-order chi connectivity index (χ0) is 15.6. The van der Waals surface area contributed by atoms with E-state index >= 15 is 0 Å². The van der Waals surface area contributed by atoms with E-state index < -0.39 is 15.9 Å². The molecule has 0 unspecified atom stereocenters. The van der Waals surface area contributed by atoms with Gasteiger partial charge in [-0.05, 0) is 23.8 Å². The Morgan fingerprint density at radius 1 is 1.43 bits per heavy atom. The average molecular weight is 364 g/mol. The van der Waals surface area contributed by atoms with Gasteiger partial charge in [-0.3, -0.25) is 14.2 Å². The molecule has 1 N–H and O–H groups in total. The van der Waals surface area contributed by atoms with E-state index in [2.05, 4.69) is 0 Å². The lowest BCUT2D eigenvalue weighted by Gasteiger charge is -2.12. The molecule has 5 nitrogen and oxygen atoms in total. The Morgan fingerprint density at radius 3 is 2.76 bits per heavy atom. The Kier molecular flexibility index (Phi) is 5.05. The summed E-state index contributed by atoms with van der Waals surface area (Å²) in [7, 11) is -4.14. The summed E-state index contributed by atoms with van der Waals surface area (Å²) < 4.78 is 30.5. The minimum absolute atomic E-state index is 0.170. The van der Waals surface area contributed by atoms with Gasteiger partial charge >= 0.3 is 0 Å². The third-order valence-corrected chi connectivity index (χ3v) is 4.90. The molecule has 1 aliphatic rings. The Labute approximate surface area is 136 Å². The number of halogens is 1. The van der Waals surface area contributed by atoms with Crippen LogP contribution >= 0.6 is 35.6 Å². The van der Waals surface area contributed by atoms with E-state index in [4.69, 9.17) is 28.4 Å². The number of thiocarbonyl (C=S) groups is 1. The molecule has 21 heavy (non-hydrogen) atoms. The van der Waals surface area contributed by atoms with Crippen LogP contribution in [0.2, 0.25) is 5.02 Å². The topological polar surface area (TPSA) is 74.7 Å². The van der Waals surface area contributed by atoms with Gasteiger partial charge in [0, 0.05) is 11.6 Å². The molecule has 0 atom stereocenters. The van der Waals surface area contributed by atoms with E-state index in [1.165, 1.54) is 0 Å². The van der Waals surface area contributed by atoms with Crippen LogP contribution in [0.1, 0.15) is 5.56 Å². The highest BCUT2D eigenvalue weighted by Crippen LogP contribution is 2.32. The van der Waals surface area contributed by atoms with Crippen LogP contribution in [0.15, 0.2) is 29.2 Å². The molecule has 2 rings (SSSR count). The zero-order valence-corrected chi connectivity index (χ0v) is 13.7. The lowest BCUT2D eigenvalue weighted by atomic mass is 10.2. The fourth-order valence-electron chi connectivity index (χ4n) is 1.65. The summed E-state index contributed by atoms with van der Waals surface area (Å²) in [5.41, 5.74) is 0.748. The van der Waals surface area contributed by atoms with Gasteiger partial charge in [0.25, 0.3) is 16.0 Å². The average Bonchev–Trinajstić information content (AvgIpc) is 2.61. The molecular weight excluding hydrogens is 354 g/mol. The summed E-state index contributed by atoms with van der Waals surface area (Å²) in [4.78, 5) is 13.7. The van der Waals surface area contributed by atoms with Gasteiger partial charge in [0.15, 0.2) is 0 Å². The maximum absolute atomic E-state index is 12.2. The molecule has 1 amide bonds. The van der Waals surface area contributed by atoms with E-state index in [1.54, 1.807) is 30.3 Å². The van der Waals surface area contributed by atoms with Crippen LogP contribution in [0.5, 0.6) is 0 Å². The van der Waals surface area contributed by atoms with E-state index in [9.17, 15) is 13.2 Å². The number of amides is 1. The van der Waals surface area contributed by atoms with Crippen molar-refractivity contribution in [1.29, 1.82) is 0 Å². The van der Waals surface area contributed by atoms with Gasteiger partial charge in [-0.25, -0.2) is 0 Å². The van der Waals surface area contributed by atoms with Crippen molar-refractivity contribution in [2.45, 2.75) is 0 Å². The normalized spacial score (nSPS) is 17.8. The third kappa shape index (κ3) is 4.52. The van der Waals surface area contributed by atoms with E-state index in [0.717, 1.165) is 22.2 Å². The molecule has 1 fully saturated rings. The number of nitrogens with zero attached hydrogens (tertiary/aromatic N) is 1. The Morgan fingerprint density at radius 2 is 2.14 bits per heavy atom. The summed E-state index contributed by atoms with van der Waals surface area (Å²) in [6.07, 6.45) is 1.64. The summed E-state index contributed by atoms with van der Waals surface area (Å²) in [6.45, 7) is -0.170. The molecule has 1 aromatic carbocycles. The number of rotatable bonds is 4. The second-order valence-electron chi connectivity index (χ2n) is 4.17. The number of thioether (sulfide) groups is 1. The first-order valence-electron chi connectivity index (χ1n) is 5.72. The number of hydrogen-bond acceptors (Lipinski definition) is 5. The van der Waals surface area contributed by atoms with Crippen LogP contribution in [-0.2, 0) is 14.9 Å². The van der Waals surface area contributed by atoms with Gasteiger partial charge in [0.1, 0.15) is 4.32 Å². The van der Waals surface area contributed by atoms with Crippen LogP contribution in [0, 0.1) is 0 Å². The van der Waals surface area contributed by atoms with Gasteiger partial charge in [-0.2, -0.15) is 8.42 Å². The number of carbonyl (C=O) groups is 1. The van der Waals surface area contributed by atoms with Gasteiger partial charge in [0.05, 0.1) is 10.7 Å². The highest BCUT2D eigenvalue weighted by atomic mass is 35.5. The van der Waals surface area contributed by atoms with Gasteiger partial charge in [-0.15, -0.1) is 0 Å². The standard InChI is InChI=1S/C12H10ClNO4S3/c13-9-3-1-2-8(6-9)7-10-11(15)14(12(19)20-10)4-5-21(16,17)18/h1-3,6-7H,4-5H2,(H,16,17,18)/b10-7-. The second-order valence-corrected chi connectivity index (χ2v) is 7.86. The first kappa shape index (κ1) is 16.4. The van der Waals surface area contributed by atoms with Crippen molar-refractivity contribution < 1.29 is 17.8 Å². The molecule has 0 saturated carbocycles. The largest absolute Gasteiger partial charge is 0.292 e. The Hall–Kier alpha value is -0.930. The van der Waals surface area contributed by atoms with Crippen molar-refractivity contribution in [2.75, 3.05) is 12.3 Å². The van der Waals surface area contributed by atoms with Crippen LogP contribution in [-0.4, -0.2) is 40.4 Å². The second kappa shape index (κ2) is 6.45. The SMILES string of the molecule is O=C1/C(=C/c2cccc(Cl)c2)SC(=S)N1CCS(=O)(=O)O. The first-order valence-corrected chi connectivity index (χ1v) is 8.93. The van der Waals surface area contributed by atoms with Crippen molar-refractivity contribution >= 4 is 62.0 Å². The molecule has 9 heteroatoms. The molecule has 1 saturated heterocycles. The molecule has 112 valence electrons. The summed E-state index contributed by atoms with van der Waals surface area (Å²) in [6, 6.07) is 6.96. The van der Waals surface area contributed by atoms with Crippen molar-refractivity contribution in [3.05, 3.63) is 39.8 Å². The molecule has 1 heterocycles. The number of carbonyl (C=O) groups excluding carboxylic acids is 1. The fraction of sp³-hybridized carbons (Fsp3) is 0.167. The molecule has 0 radical (unpaired) electrons. The summed E-state index contributed by atoms with van der Waals surface area (Å²) in [5.74, 6) is -0.933. The van der Waals surface area contributed by atoms with Gasteiger partial charge in [-0.1, -0.05) is 47.7 Å². The van der Waals surface area contributed by atoms with Crippen LogP contribution < -0.4 is 0 Å². The van der Waals surface area contributed by atoms with Crippen molar-refractivity contribution in [2.24, 2.45) is 0 Å². The smallest absolute Gasteiger partial charge is 0.266 e. The van der Waals surface area contributed by atoms with E-state index in [0.29, 0.717) is 9.93 Å². The molecule has 0 spiro atoms. The van der Waals surface area contributed by atoms with Crippen LogP contribution in [0.4, 0.5) is 0 Å². The zero-order valence-electron chi connectivity index (χ0n) is 10.5. The molecule has 1 aromatic rings. The van der Waals surface area contributed by atoms with Crippen molar-refractivity contribution in [3.8, 4) is 0 Å². The molecule has 0 bridgehead atoms.